The molecule has 20 heavy (non-hydrogen) atoms. The highest BCUT2D eigenvalue weighted by atomic mass is 15.2. The van der Waals surface area contributed by atoms with E-state index in [9.17, 15) is 0 Å². The first kappa shape index (κ1) is 12.2. The van der Waals surface area contributed by atoms with Gasteiger partial charge in [-0.15, -0.1) is 0 Å². The molecule has 0 radical (unpaired) electrons. The summed E-state index contributed by atoms with van der Waals surface area (Å²) in [6.45, 7) is 2.28. The third-order valence-corrected chi connectivity index (χ3v) is 4.45. The molecule has 1 unspecified atom stereocenters. The molecular formula is C17H21N3. The van der Waals surface area contributed by atoms with E-state index in [1.54, 1.807) is 0 Å². The molecule has 2 fully saturated rings. The van der Waals surface area contributed by atoms with Crippen molar-refractivity contribution in [3.05, 3.63) is 36.4 Å². The largest absolute Gasteiger partial charge is 0.352 e. The fraction of sp³-hybridized carbons (Fsp3) is 0.471. The number of anilines is 1. The van der Waals surface area contributed by atoms with Crippen molar-refractivity contribution >= 4 is 16.7 Å². The lowest BCUT2D eigenvalue weighted by Crippen LogP contribution is -2.39. The maximum atomic E-state index is 4.88. The number of hydrogen-bond acceptors (Lipinski definition) is 3. The number of fused-ring (bicyclic) bond motifs is 1. The van der Waals surface area contributed by atoms with Gasteiger partial charge in [-0.2, -0.15) is 0 Å². The van der Waals surface area contributed by atoms with Crippen LogP contribution in [0.4, 0.5) is 5.82 Å². The highest BCUT2D eigenvalue weighted by Gasteiger charge is 2.32. The second-order valence-corrected chi connectivity index (χ2v) is 6.04. The number of benzene rings is 1. The molecular weight excluding hydrogens is 246 g/mol. The number of para-hydroxylation sites is 1. The van der Waals surface area contributed by atoms with Crippen LogP contribution in [0.1, 0.15) is 25.7 Å². The molecule has 1 aromatic heterocycles. The van der Waals surface area contributed by atoms with Crippen LogP contribution in [-0.4, -0.2) is 30.2 Å². The Bertz CT molecular complexity index is 600. The van der Waals surface area contributed by atoms with E-state index in [0.717, 1.165) is 17.9 Å². The summed E-state index contributed by atoms with van der Waals surface area (Å²) in [7, 11) is 0. The first-order valence-electron chi connectivity index (χ1n) is 7.76. The summed E-state index contributed by atoms with van der Waals surface area (Å²) < 4.78 is 0. The average Bonchev–Trinajstić information content (AvgIpc) is 3.21. The zero-order valence-electron chi connectivity index (χ0n) is 11.8. The van der Waals surface area contributed by atoms with E-state index in [1.807, 2.05) is 0 Å². The first-order valence-corrected chi connectivity index (χ1v) is 7.76. The van der Waals surface area contributed by atoms with Crippen molar-refractivity contribution in [2.45, 2.75) is 37.8 Å². The second kappa shape index (κ2) is 5.06. The van der Waals surface area contributed by atoms with Crippen LogP contribution in [0.25, 0.3) is 10.9 Å². The van der Waals surface area contributed by atoms with E-state index in [2.05, 4.69) is 46.6 Å². The maximum absolute atomic E-state index is 4.88. The van der Waals surface area contributed by atoms with Gasteiger partial charge in [0, 0.05) is 24.0 Å². The van der Waals surface area contributed by atoms with Crippen molar-refractivity contribution in [1.29, 1.82) is 0 Å². The molecule has 0 bridgehead atoms. The van der Waals surface area contributed by atoms with E-state index in [1.165, 1.54) is 37.6 Å². The molecule has 3 heteroatoms. The fourth-order valence-electron chi connectivity index (χ4n) is 3.18. The summed E-state index contributed by atoms with van der Waals surface area (Å²) in [4.78, 5) is 7.40. The molecule has 2 heterocycles. The predicted octanol–water partition coefficient (Wildman–Crippen LogP) is 2.96. The Hall–Kier alpha value is -1.61. The van der Waals surface area contributed by atoms with Crippen molar-refractivity contribution in [1.82, 2.24) is 10.3 Å². The van der Waals surface area contributed by atoms with Crippen molar-refractivity contribution in [3.8, 4) is 0 Å². The van der Waals surface area contributed by atoms with E-state index < -0.39 is 0 Å². The summed E-state index contributed by atoms with van der Waals surface area (Å²) in [6.07, 6.45) is 5.26. The number of nitrogens with one attached hydrogen (secondary N) is 1. The van der Waals surface area contributed by atoms with E-state index in [0.29, 0.717) is 12.1 Å². The lowest BCUT2D eigenvalue weighted by molar-refractivity contribution is 0.576. The minimum absolute atomic E-state index is 0.642. The molecule has 1 saturated carbocycles. The summed E-state index contributed by atoms with van der Waals surface area (Å²) in [6, 6.07) is 14.1. The minimum Gasteiger partial charge on any atom is -0.352 e. The van der Waals surface area contributed by atoms with Crippen LogP contribution in [0.15, 0.2) is 36.4 Å². The van der Waals surface area contributed by atoms with Crippen molar-refractivity contribution < 1.29 is 0 Å². The summed E-state index contributed by atoms with van der Waals surface area (Å²) in [5, 5.41) is 4.83. The van der Waals surface area contributed by atoms with Gasteiger partial charge in [-0.3, -0.25) is 0 Å². The molecule has 1 N–H and O–H groups in total. The monoisotopic (exact) mass is 267 g/mol. The van der Waals surface area contributed by atoms with E-state index >= 15 is 0 Å². The van der Waals surface area contributed by atoms with Crippen LogP contribution < -0.4 is 10.2 Å². The molecule has 1 aromatic carbocycles. The zero-order chi connectivity index (χ0) is 13.4. The van der Waals surface area contributed by atoms with Crippen molar-refractivity contribution in [2.75, 3.05) is 18.0 Å². The molecule has 3 nitrogen and oxygen atoms in total. The number of nitrogens with zero attached hydrogens (tertiary/aromatic N) is 2. The number of pyridine rings is 1. The third kappa shape index (κ3) is 2.38. The van der Waals surface area contributed by atoms with Gasteiger partial charge in [0.05, 0.1) is 5.52 Å². The minimum atomic E-state index is 0.642. The first-order chi connectivity index (χ1) is 9.90. The summed E-state index contributed by atoms with van der Waals surface area (Å²) >= 11 is 0. The van der Waals surface area contributed by atoms with Crippen LogP contribution in [0.5, 0.6) is 0 Å². The van der Waals surface area contributed by atoms with Crippen LogP contribution in [-0.2, 0) is 0 Å². The highest BCUT2D eigenvalue weighted by molar-refractivity contribution is 5.80. The van der Waals surface area contributed by atoms with Gasteiger partial charge in [0.25, 0.3) is 0 Å². The van der Waals surface area contributed by atoms with Gasteiger partial charge in [-0.1, -0.05) is 18.2 Å². The molecule has 1 saturated heterocycles. The van der Waals surface area contributed by atoms with Crippen LogP contribution in [0.3, 0.4) is 0 Å². The molecule has 2 aromatic rings. The maximum Gasteiger partial charge on any atom is 0.129 e. The fourth-order valence-corrected chi connectivity index (χ4v) is 3.18. The lowest BCUT2D eigenvalue weighted by atomic mass is 10.2. The number of rotatable bonds is 4. The van der Waals surface area contributed by atoms with Gasteiger partial charge in [0.2, 0.25) is 0 Å². The second-order valence-electron chi connectivity index (χ2n) is 6.04. The third-order valence-electron chi connectivity index (χ3n) is 4.45. The molecule has 2 aliphatic rings. The van der Waals surface area contributed by atoms with Gasteiger partial charge in [0.15, 0.2) is 0 Å². The Kier molecular flexibility index (Phi) is 3.07. The Labute approximate surface area is 120 Å². The van der Waals surface area contributed by atoms with Crippen LogP contribution in [0.2, 0.25) is 0 Å². The van der Waals surface area contributed by atoms with Gasteiger partial charge in [-0.25, -0.2) is 4.98 Å². The molecule has 1 aliphatic carbocycles. The summed E-state index contributed by atoms with van der Waals surface area (Å²) in [5.74, 6) is 1.15. The van der Waals surface area contributed by atoms with Gasteiger partial charge in [-0.05, 0) is 50.4 Å². The van der Waals surface area contributed by atoms with Gasteiger partial charge in [0.1, 0.15) is 5.82 Å². The normalized spacial score (nSPS) is 22.3. The van der Waals surface area contributed by atoms with Crippen molar-refractivity contribution in [2.24, 2.45) is 0 Å². The molecule has 0 amide bonds. The van der Waals surface area contributed by atoms with Gasteiger partial charge < -0.3 is 10.2 Å². The van der Waals surface area contributed by atoms with Crippen molar-refractivity contribution in [3.63, 3.8) is 0 Å². The van der Waals surface area contributed by atoms with E-state index in [-0.39, 0.29) is 0 Å². The lowest BCUT2D eigenvalue weighted by Gasteiger charge is -2.27. The Morgan fingerprint density at radius 2 is 2.00 bits per heavy atom. The number of aromatic nitrogens is 1. The molecule has 0 spiro atoms. The Balaban J connectivity index is 1.63. The smallest absolute Gasteiger partial charge is 0.129 e. The molecule has 1 atom stereocenters. The summed E-state index contributed by atoms with van der Waals surface area (Å²) in [5.41, 5.74) is 1.11. The predicted molar refractivity (Wildman–Crippen MR) is 83.1 cm³/mol. The van der Waals surface area contributed by atoms with Crippen LogP contribution in [0, 0.1) is 0 Å². The highest BCUT2D eigenvalue weighted by Crippen LogP contribution is 2.32. The average molecular weight is 267 g/mol. The molecule has 104 valence electrons. The quantitative estimate of drug-likeness (QED) is 0.923. The topological polar surface area (TPSA) is 28.2 Å². The van der Waals surface area contributed by atoms with E-state index in [4.69, 9.17) is 4.98 Å². The standard InChI is InChI=1S/C17H21N3/c1-2-6-16-13(4-1)7-10-17(19-16)20(15-8-9-15)12-14-5-3-11-18-14/h1-2,4,6-7,10,14-15,18H,3,5,8-9,11-12H2. The van der Waals surface area contributed by atoms with Crippen LogP contribution >= 0.6 is 0 Å². The SMILES string of the molecule is c1ccc2nc(N(CC3CCCN3)C3CC3)ccc2c1. The Morgan fingerprint density at radius 3 is 2.80 bits per heavy atom. The molecule has 1 aliphatic heterocycles. The number of hydrogen-bond donors (Lipinski definition) is 1. The molecule has 4 rings (SSSR count). The Morgan fingerprint density at radius 1 is 1.10 bits per heavy atom. The van der Waals surface area contributed by atoms with Gasteiger partial charge >= 0.3 is 0 Å². The zero-order valence-corrected chi connectivity index (χ0v) is 11.8.